The fourth-order valence-electron chi connectivity index (χ4n) is 3.89. The first-order chi connectivity index (χ1) is 13.4. The molecule has 4 rings (SSSR count). The van der Waals surface area contributed by atoms with E-state index in [4.69, 9.17) is 4.74 Å². The highest BCUT2D eigenvalue weighted by Crippen LogP contribution is 2.45. The predicted octanol–water partition coefficient (Wildman–Crippen LogP) is 3.06. The van der Waals surface area contributed by atoms with Crippen molar-refractivity contribution in [3.63, 3.8) is 0 Å². The van der Waals surface area contributed by atoms with Gasteiger partial charge in [-0.1, -0.05) is 19.9 Å². The summed E-state index contributed by atoms with van der Waals surface area (Å²) in [6.45, 7) is 7.29. The summed E-state index contributed by atoms with van der Waals surface area (Å²) in [5.74, 6) is 0.0182. The molecular weight excluding hydrogens is 374 g/mol. The van der Waals surface area contributed by atoms with Crippen LogP contribution in [0.4, 0.5) is 5.00 Å². The summed E-state index contributed by atoms with van der Waals surface area (Å²) in [5.41, 5.74) is 2.25. The summed E-state index contributed by atoms with van der Waals surface area (Å²) < 4.78 is 5.47. The average Bonchev–Trinajstić information content (AvgIpc) is 3.06. The van der Waals surface area contributed by atoms with Crippen LogP contribution in [-0.2, 0) is 17.7 Å². The minimum atomic E-state index is -0.135. The third-order valence-electron chi connectivity index (χ3n) is 5.22. The van der Waals surface area contributed by atoms with Crippen LogP contribution in [0.15, 0.2) is 24.4 Å². The van der Waals surface area contributed by atoms with Crippen LogP contribution < -0.4 is 10.2 Å². The standard InChI is InChI=1S/C21H25N3O3S/c1-21(2)11-15-17(19(26)23-13-14-5-3-4-6-22-14)20(24-7-9-27-10-8-24)28-18(15)16(25)12-21/h3-6H,7-13H2,1-2H3,(H,23,26). The van der Waals surface area contributed by atoms with E-state index >= 15 is 0 Å². The number of ether oxygens (including phenoxy) is 1. The second kappa shape index (κ2) is 7.64. The summed E-state index contributed by atoms with van der Waals surface area (Å²) in [4.78, 5) is 33.2. The van der Waals surface area contributed by atoms with Crippen LogP contribution in [0.3, 0.4) is 0 Å². The van der Waals surface area contributed by atoms with Gasteiger partial charge in [-0.15, -0.1) is 11.3 Å². The minimum Gasteiger partial charge on any atom is -0.378 e. The summed E-state index contributed by atoms with van der Waals surface area (Å²) in [5, 5.41) is 3.91. The Morgan fingerprint density at radius 2 is 2.07 bits per heavy atom. The van der Waals surface area contributed by atoms with Gasteiger partial charge >= 0.3 is 0 Å². The zero-order valence-corrected chi connectivity index (χ0v) is 17.1. The van der Waals surface area contributed by atoms with Crippen LogP contribution in [0.1, 0.15) is 51.6 Å². The summed E-state index contributed by atoms with van der Waals surface area (Å²) >= 11 is 1.47. The van der Waals surface area contributed by atoms with E-state index in [0.717, 1.165) is 40.6 Å². The molecule has 2 aromatic rings. The molecule has 1 aliphatic heterocycles. The molecule has 1 fully saturated rings. The van der Waals surface area contributed by atoms with Crippen molar-refractivity contribution in [1.29, 1.82) is 0 Å². The van der Waals surface area contributed by atoms with E-state index in [0.29, 0.717) is 31.7 Å². The molecule has 1 N–H and O–H groups in total. The highest BCUT2D eigenvalue weighted by atomic mass is 32.1. The van der Waals surface area contributed by atoms with E-state index in [9.17, 15) is 9.59 Å². The van der Waals surface area contributed by atoms with Crippen LogP contribution >= 0.6 is 11.3 Å². The molecule has 0 saturated carbocycles. The smallest absolute Gasteiger partial charge is 0.254 e. The molecule has 0 radical (unpaired) electrons. The maximum atomic E-state index is 13.2. The Kier molecular flexibility index (Phi) is 5.21. The zero-order chi connectivity index (χ0) is 19.7. The molecule has 0 bridgehead atoms. The van der Waals surface area contributed by atoms with Crippen molar-refractivity contribution in [2.24, 2.45) is 5.41 Å². The van der Waals surface area contributed by atoms with Crippen LogP contribution in [0.2, 0.25) is 0 Å². The van der Waals surface area contributed by atoms with Crippen molar-refractivity contribution < 1.29 is 14.3 Å². The molecule has 2 aromatic heterocycles. The molecule has 1 aliphatic carbocycles. The molecule has 0 aromatic carbocycles. The number of ketones is 1. The number of aromatic nitrogens is 1. The van der Waals surface area contributed by atoms with E-state index in [1.54, 1.807) is 6.20 Å². The molecule has 0 atom stereocenters. The van der Waals surface area contributed by atoms with Crippen molar-refractivity contribution in [3.05, 3.63) is 46.1 Å². The van der Waals surface area contributed by atoms with Crippen LogP contribution in [0, 0.1) is 5.41 Å². The number of Topliss-reactive ketones (excluding diaryl/α,β-unsaturated/α-hetero) is 1. The molecule has 1 amide bonds. The summed E-state index contributed by atoms with van der Waals surface area (Å²) in [6.07, 6.45) is 2.98. The number of pyridine rings is 1. The SMILES string of the molecule is CC1(C)CC(=O)c2sc(N3CCOCC3)c(C(=O)NCc3ccccn3)c2C1. The Labute approximate surface area is 168 Å². The van der Waals surface area contributed by atoms with Gasteiger partial charge in [-0.25, -0.2) is 0 Å². The van der Waals surface area contributed by atoms with Gasteiger partial charge in [0.15, 0.2) is 5.78 Å². The molecule has 6 nitrogen and oxygen atoms in total. The lowest BCUT2D eigenvalue weighted by molar-refractivity contribution is 0.0916. The Bertz CT molecular complexity index is 886. The number of hydrogen-bond acceptors (Lipinski definition) is 6. The number of nitrogens with one attached hydrogen (secondary N) is 1. The normalized spacial score (nSPS) is 18.6. The van der Waals surface area contributed by atoms with E-state index in [1.165, 1.54) is 11.3 Å². The Balaban J connectivity index is 1.68. The molecule has 0 unspecified atom stereocenters. The first kappa shape index (κ1) is 19.1. The maximum absolute atomic E-state index is 13.2. The highest BCUT2D eigenvalue weighted by Gasteiger charge is 2.38. The second-order valence-corrected chi connectivity index (χ2v) is 9.13. The second-order valence-electron chi connectivity index (χ2n) is 8.13. The van der Waals surface area contributed by atoms with Gasteiger partial charge < -0.3 is 15.0 Å². The fraction of sp³-hybridized carbons (Fsp3) is 0.476. The zero-order valence-electron chi connectivity index (χ0n) is 16.3. The average molecular weight is 400 g/mol. The maximum Gasteiger partial charge on any atom is 0.254 e. The molecule has 148 valence electrons. The minimum absolute atomic E-state index is 0.129. The lowest BCUT2D eigenvalue weighted by Crippen LogP contribution is -2.37. The topological polar surface area (TPSA) is 71.5 Å². The quantitative estimate of drug-likeness (QED) is 0.856. The van der Waals surface area contributed by atoms with Crippen molar-refractivity contribution >= 4 is 28.0 Å². The van der Waals surface area contributed by atoms with Gasteiger partial charge in [0.1, 0.15) is 5.00 Å². The molecular formula is C21H25N3O3S. The van der Waals surface area contributed by atoms with Gasteiger partial charge in [0, 0.05) is 25.7 Å². The fourth-order valence-corrected chi connectivity index (χ4v) is 5.19. The number of carbonyl (C=O) groups excluding carboxylic acids is 2. The monoisotopic (exact) mass is 399 g/mol. The largest absolute Gasteiger partial charge is 0.378 e. The Hall–Kier alpha value is -2.25. The number of hydrogen-bond donors (Lipinski definition) is 1. The lowest BCUT2D eigenvalue weighted by Gasteiger charge is -2.29. The predicted molar refractivity (Wildman–Crippen MR) is 109 cm³/mol. The van der Waals surface area contributed by atoms with E-state index in [-0.39, 0.29) is 17.1 Å². The van der Waals surface area contributed by atoms with E-state index < -0.39 is 0 Å². The Morgan fingerprint density at radius 1 is 1.29 bits per heavy atom. The van der Waals surface area contributed by atoms with Crippen LogP contribution in [0.5, 0.6) is 0 Å². The summed E-state index contributed by atoms with van der Waals surface area (Å²) in [6, 6.07) is 5.64. The van der Waals surface area contributed by atoms with Crippen molar-refractivity contribution in [2.45, 2.75) is 33.2 Å². The van der Waals surface area contributed by atoms with Crippen LogP contribution in [0.25, 0.3) is 0 Å². The van der Waals surface area contributed by atoms with Crippen LogP contribution in [-0.4, -0.2) is 43.0 Å². The van der Waals surface area contributed by atoms with Crippen molar-refractivity contribution in [3.8, 4) is 0 Å². The van der Waals surface area contributed by atoms with Crippen molar-refractivity contribution in [2.75, 3.05) is 31.2 Å². The number of fused-ring (bicyclic) bond motifs is 1. The van der Waals surface area contributed by atoms with E-state index in [2.05, 4.69) is 29.0 Å². The van der Waals surface area contributed by atoms with Gasteiger partial charge in [-0.3, -0.25) is 14.6 Å². The number of amides is 1. The molecule has 1 saturated heterocycles. The van der Waals surface area contributed by atoms with Gasteiger partial charge in [0.25, 0.3) is 5.91 Å². The molecule has 28 heavy (non-hydrogen) atoms. The number of anilines is 1. The number of rotatable bonds is 4. The lowest BCUT2D eigenvalue weighted by atomic mass is 9.75. The highest BCUT2D eigenvalue weighted by molar-refractivity contribution is 7.18. The van der Waals surface area contributed by atoms with Gasteiger partial charge in [-0.05, 0) is 29.5 Å². The first-order valence-electron chi connectivity index (χ1n) is 9.64. The molecule has 0 spiro atoms. The number of morpholine rings is 1. The van der Waals surface area contributed by atoms with Crippen molar-refractivity contribution in [1.82, 2.24) is 10.3 Å². The summed E-state index contributed by atoms with van der Waals surface area (Å²) in [7, 11) is 0. The number of carbonyl (C=O) groups is 2. The number of nitrogens with zero attached hydrogens (tertiary/aromatic N) is 2. The van der Waals surface area contributed by atoms with E-state index in [1.807, 2.05) is 18.2 Å². The van der Waals surface area contributed by atoms with Gasteiger partial charge in [0.05, 0.1) is 35.9 Å². The molecule has 3 heterocycles. The first-order valence-corrected chi connectivity index (χ1v) is 10.5. The van der Waals surface area contributed by atoms with Gasteiger partial charge in [0.2, 0.25) is 0 Å². The third-order valence-corrected chi connectivity index (χ3v) is 6.55. The molecule has 7 heteroatoms. The molecule has 2 aliphatic rings. The third kappa shape index (κ3) is 3.82. The number of thiophene rings is 1. The Morgan fingerprint density at radius 3 is 2.79 bits per heavy atom. The van der Waals surface area contributed by atoms with Gasteiger partial charge in [-0.2, -0.15) is 0 Å².